The third kappa shape index (κ3) is 6.11. The van der Waals surface area contributed by atoms with Crippen molar-refractivity contribution >= 4 is 34.6 Å². The number of aryl methyl sites for hydroxylation is 1. The first-order valence-corrected chi connectivity index (χ1v) is 10.8. The van der Waals surface area contributed by atoms with E-state index in [0.29, 0.717) is 5.11 Å². The van der Waals surface area contributed by atoms with E-state index in [9.17, 15) is 0 Å². The van der Waals surface area contributed by atoms with Crippen molar-refractivity contribution in [1.82, 2.24) is 5.32 Å². The second-order valence-electron chi connectivity index (χ2n) is 7.88. The fourth-order valence-electron chi connectivity index (χ4n) is 3.82. The SMILES string of the molecule is CC(C)Oc1ccc(NC(=S)NC2(CCc3ccc(Cl)cc3)CCCC2)cc1. The molecule has 0 amide bonds. The van der Waals surface area contributed by atoms with Crippen molar-refractivity contribution in [2.45, 2.75) is 64.0 Å². The number of halogens is 1. The van der Waals surface area contributed by atoms with Crippen molar-refractivity contribution in [3.8, 4) is 5.75 Å². The molecule has 0 radical (unpaired) electrons. The standard InChI is InChI=1S/C23H29ClN2OS/c1-17(2)27-21-11-9-20(10-12-21)25-22(28)26-23(14-3-4-15-23)16-13-18-5-7-19(24)8-6-18/h5-12,17H,3-4,13-16H2,1-2H3,(H2,25,26,28). The highest BCUT2D eigenvalue weighted by Gasteiger charge is 2.34. The molecule has 1 saturated carbocycles. The van der Waals surface area contributed by atoms with E-state index in [0.717, 1.165) is 42.1 Å². The smallest absolute Gasteiger partial charge is 0.171 e. The summed E-state index contributed by atoms with van der Waals surface area (Å²) in [7, 11) is 0. The fraction of sp³-hybridized carbons (Fsp3) is 0.435. The molecule has 0 heterocycles. The van der Waals surface area contributed by atoms with Crippen molar-refractivity contribution in [2.24, 2.45) is 0 Å². The molecular formula is C23H29ClN2OS. The van der Waals surface area contributed by atoms with Crippen LogP contribution >= 0.6 is 23.8 Å². The number of anilines is 1. The lowest BCUT2D eigenvalue weighted by atomic mass is 9.89. The van der Waals surface area contributed by atoms with Gasteiger partial charge in [0.25, 0.3) is 0 Å². The van der Waals surface area contributed by atoms with Crippen LogP contribution in [-0.2, 0) is 6.42 Å². The minimum Gasteiger partial charge on any atom is -0.491 e. The van der Waals surface area contributed by atoms with Gasteiger partial charge < -0.3 is 15.4 Å². The van der Waals surface area contributed by atoms with Crippen LogP contribution in [0.25, 0.3) is 0 Å². The van der Waals surface area contributed by atoms with Gasteiger partial charge in [-0.05, 0) is 93.7 Å². The van der Waals surface area contributed by atoms with Gasteiger partial charge in [0.05, 0.1) is 6.10 Å². The Morgan fingerprint density at radius 3 is 2.32 bits per heavy atom. The Balaban J connectivity index is 1.57. The summed E-state index contributed by atoms with van der Waals surface area (Å²) in [4.78, 5) is 0. The molecule has 1 aliphatic carbocycles. The van der Waals surface area contributed by atoms with Gasteiger partial charge in [-0.2, -0.15) is 0 Å². The second-order valence-corrected chi connectivity index (χ2v) is 8.73. The van der Waals surface area contributed by atoms with Gasteiger partial charge in [-0.25, -0.2) is 0 Å². The van der Waals surface area contributed by atoms with E-state index in [1.165, 1.54) is 18.4 Å². The van der Waals surface area contributed by atoms with Gasteiger partial charge >= 0.3 is 0 Å². The van der Waals surface area contributed by atoms with Crippen LogP contribution in [0.5, 0.6) is 5.75 Å². The van der Waals surface area contributed by atoms with E-state index < -0.39 is 0 Å². The maximum atomic E-state index is 6.00. The first kappa shape index (κ1) is 20.9. The zero-order valence-corrected chi connectivity index (χ0v) is 18.2. The summed E-state index contributed by atoms with van der Waals surface area (Å²) in [5.41, 5.74) is 2.36. The van der Waals surface area contributed by atoms with E-state index in [2.05, 4.69) is 22.8 Å². The molecule has 5 heteroatoms. The van der Waals surface area contributed by atoms with Gasteiger partial charge in [0.15, 0.2) is 5.11 Å². The van der Waals surface area contributed by atoms with Gasteiger partial charge in [0.2, 0.25) is 0 Å². The summed E-state index contributed by atoms with van der Waals surface area (Å²) in [5, 5.41) is 8.43. The van der Waals surface area contributed by atoms with Gasteiger partial charge in [-0.15, -0.1) is 0 Å². The van der Waals surface area contributed by atoms with Crippen LogP contribution in [0.3, 0.4) is 0 Å². The fourth-order valence-corrected chi connectivity index (χ4v) is 4.28. The first-order valence-electron chi connectivity index (χ1n) is 10.0. The van der Waals surface area contributed by atoms with Crippen molar-refractivity contribution in [1.29, 1.82) is 0 Å². The highest BCUT2D eigenvalue weighted by molar-refractivity contribution is 7.80. The Morgan fingerprint density at radius 1 is 1.07 bits per heavy atom. The highest BCUT2D eigenvalue weighted by atomic mass is 35.5. The normalized spacial score (nSPS) is 15.4. The topological polar surface area (TPSA) is 33.3 Å². The molecule has 0 aromatic heterocycles. The Bertz CT molecular complexity index is 768. The number of rotatable bonds is 7. The summed E-state index contributed by atoms with van der Waals surface area (Å²) in [6, 6.07) is 16.1. The van der Waals surface area contributed by atoms with Crippen LogP contribution in [-0.4, -0.2) is 16.8 Å². The molecule has 0 bridgehead atoms. The Labute approximate surface area is 178 Å². The lowest BCUT2D eigenvalue weighted by molar-refractivity contribution is 0.242. The lowest BCUT2D eigenvalue weighted by Crippen LogP contribution is -2.48. The predicted octanol–water partition coefficient (Wildman–Crippen LogP) is 6.36. The van der Waals surface area contributed by atoms with E-state index in [4.69, 9.17) is 28.6 Å². The third-order valence-corrected chi connectivity index (χ3v) is 5.68. The number of hydrogen-bond donors (Lipinski definition) is 2. The molecule has 0 spiro atoms. The Kier molecular flexibility index (Phi) is 7.19. The first-order chi connectivity index (χ1) is 13.4. The second kappa shape index (κ2) is 9.62. The minimum atomic E-state index is 0.0738. The lowest BCUT2D eigenvalue weighted by Gasteiger charge is -2.32. The number of hydrogen-bond acceptors (Lipinski definition) is 2. The summed E-state index contributed by atoms with van der Waals surface area (Å²) in [6.07, 6.45) is 7.07. The van der Waals surface area contributed by atoms with Crippen LogP contribution < -0.4 is 15.4 Å². The molecule has 0 atom stereocenters. The van der Waals surface area contributed by atoms with Gasteiger partial charge in [-0.1, -0.05) is 36.6 Å². The van der Waals surface area contributed by atoms with Crippen LogP contribution in [0.4, 0.5) is 5.69 Å². The molecule has 3 rings (SSSR count). The van der Waals surface area contributed by atoms with Gasteiger partial charge in [0.1, 0.15) is 5.75 Å². The number of nitrogens with one attached hydrogen (secondary N) is 2. The summed E-state index contributed by atoms with van der Waals surface area (Å²) < 4.78 is 5.69. The Morgan fingerprint density at radius 2 is 1.71 bits per heavy atom. The summed E-state index contributed by atoms with van der Waals surface area (Å²) in [5.74, 6) is 0.870. The van der Waals surface area contributed by atoms with Crippen LogP contribution in [0, 0.1) is 0 Å². The third-order valence-electron chi connectivity index (χ3n) is 5.23. The average molecular weight is 417 g/mol. The Hall–Kier alpha value is -1.78. The predicted molar refractivity (Wildman–Crippen MR) is 123 cm³/mol. The van der Waals surface area contributed by atoms with Crippen molar-refractivity contribution in [2.75, 3.05) is 5.32 Å². The minimum absolute atomic E-state index is 0.0738. The van der Waals surface area contributed by atoms with Crippen LogP contribution in [0.1, 0.15) is 51.5 Å². The molecular weight excluding hydrogens is 388 g/mol. The molecule has 2 N–H and O–H groups in total. The molecule has 1 aliphatic rings. The monoisotopic (exact) mass is 416 g/mol. The summed E-state index contributed by atoms with van der Waals surface area (Å²) in [6.45, 7) is 4.05. The number of benzene rings is 2. The highest BCUT2D eigenvalue weighted by Crippen LogP contribution is 2.34. The van der Waals surface area contributed by atoms with E-state index >= 15 is 0 Å². The van der Waals surface area contributed by atoms with E-state index in [1.54, 1.807) is 0 Å². The van der Waals surface area contributed by atoms with Crippen molar-refractivity contribution < 1.29 is 4.74 Å². The molecule has 2 aromatic carbocycles. The average Bonchev–Trinajstić information content (AvgIpc) is 3.11. The molecule has 2 aromatic rings. The molecule has 0 aliphatic heterocycles. The molecule has 0 unspecified atom stereocenters. The number of ether oxygens (including phenoxy) is 1. The quantitative estimate of drug-likeness (QED) is 0.514. The molecule has 150 valence electrons. The van der Waals surface area contributed by atoms with Crippen LogP contribution in [0.15, 0.2) is 48.5 Å². The van der Waals surface area contributed by atoms with Gasteiger partial charge in [0, 0.05) is 16.2 Å². The molecule has 1 fully saturated rings. The maximum Gasteiger partial charge on any atom is 0.171 e. The molecule has 3 nitrogen and oxygen atoms in total. The van der Waals surface area contributed by atoms with E-state index in [-0.39, 0.29) is 11.6 Å². The largest absolute Gasteiger partial charge is 0.491 e. The van der Waals surface area contributed by atoms with Crippen LogP contribution in [0.2, 0.25) is 5.02 Å². The maximum absolute atomic E-state index is 6.00. The zero-order chi connectivity index (χ0) is 20.0. The van der Waals surface area contributed by atoms with Crippen molar-refractivity contribution in [3.05, 3.63) is 59.1 Å². The zero-order valence-electron chi connectivity index (χ0n) is 16.6. The van der Waals surface area contributed by atoms with Gasteiger partial charge in [-0.3, -0.25) is 0 Å². The summed E-state index contributed by atoms with van der Waals surface area (Å²) >= 11 is 11.6. The molecule has 28 heavy (non-hydrogen) atoms. The molecule has 0 saturated heterocycles. The van der Waals surface area contributed by atoms with Crippen molar-refractivity contribution in [3.63, 3.8) is 0 Å². The number of thiocarbonyl (C=S) groups is 1. The van der Waals surface area contributed by atoms with E-state index in [1.807, 2.05) is 50.2 Å².